The van der Waals surface area contributed by atoms with Gasteiger partial charge < -0.3 is 4.74 Å². The number of carbonyl (C=O) groups excluding carboxylic acids is 1. The standard InChI is InChI=1S/C11H21NO2/c1-8(2)12-7-5-6-10(12)11(13)14-9(3)4/h8-10H,5-7H2,1-4H3. The van der Waals surface area contributed by atoms with Crippen molar-refractivity contribution in [2.24, 2.45) is 0 Å². The number of hydrogen-bond donors (Lipinski definition) is 0. The summed E-state index contributed by atoms with van der Waals surface area (Å²) in [5.41, 5.74) is 0. The van der Waals surface area contributed by atoms with Crippen LogP contribution in [-0.2, 0) is 9.53 Å². The molecule has 3 nitrogen and oxygen atoms in total. The summed E-state index contributed by atoms with van der Waals surface area (Å²) in [7, 11) is 0. The highest BCUT2D eigenvalue weighted by atomic mass is 16.5. The molecule has 0 aromatic heterocycles. The lowest BCUT2D eigenvalue weighted by Gasteiger charge is -2.27. The SMILES string of the molecule is CC(C)OC(=O)C1CCCN1C(C)C. The number of esters is 1. The zero-order chi connectivity index (χ0) is 10.7. The molecule has 1 atom stereocenters. The molecule has 0 spiro atoms. The van der Waals surface area contributed by atoms with E-state index in [2.05, 4.69) is 18.7 Å². The molecule has 1 aliphatic heterocycles. The Morgan fingerprint density at radius 1 is 1.36 bits per heavy atom. The Hall–Kier alpha value is -0.570. The third kappa shape index (κ3) is 2.71. The minimum atomic E-state index is -0.0498. The molecule has 1 saturated heterocycles. The molecule has 0 saturated carbocycles. The average molecular weight is 199 g/mol. The Morgan fingerprint density at radius 3 is 2.50 bits per heavy atom. The van der Waals surface area contributed by atoms with E-state index < -0.39 is 0 Å². The lowest BCUT2D eigenvalue weighted by molar-refractivity contribution is -0.153. The third-order valence-corrected chi connectivity index (χ3v) is 2.58. The highest BCUT2D eigenvalue weighted by Crippen LogP contribution is 2.21. The van der Waals surface area contributed by atoms with E-state index in [4.69, 9.17) is 4.74 Å². The highest BCUT2D eigenvalue weighted by molar-refractivity contribution is 5.76. The predicted molar refractivity (Wildman–Crippen MR) is 56.1 cm³/mol. The van der Waals surface area contributed by atoms with Gasteiger partial charge in [0, 0.05) is 6.04 Å². The van der Waals surface area contributed by atoms with Crippen molar-refractivity contribution in [1.82, 2.24) is 4.90 Å². The van der Waals surface area contributed by atoms with Gasteiger partial charge in [-0.15, -0.1) is 0 Å². The summed E-state index contributed by atoms with van der Waals surface area (Å²) in [4.78, 5) is 13.9. The zero-order valence-corrected chi connectivity index (χ0v) is 9.62. The highest BCUT2D eigenvalue weighted by Gasteiger charge is 2.33. The van der Waals surface area contributed by atoms with Gasteiger partial charge >= 0.3 is 5.97 Å². The van der Waals surface area contributed by atoms with Crippen molar-refractivity contribution < 1.29 is 9.53 Å². The largest absolute Gasteiger partial charge is 0.462 e. The zero-order valence-electron chi connectivity index (χ0n) is 9.62. The summed E-state index contributed by atoms with van der Waals surface area (Å²) in [6.07, 6.45) is 2.05. The second-order valence-corrected chi connectivity index (χ2v) is 4.48. The molecular weight excluding hydrogens is 178 g/mol. The molecule has 0 aromatic carbocycles. The maximum absolute atomic E-state index is 11.7. The van der Waals surface area contributed by atoms with Crippen LogP contribution < -0.4 is 0 Å². The van der Waals surface area contributed by atoms with Crippen molar-refractivity contribution in [3.8, 4) is 0 Å². The Kier molecular flexibility index (Phi) is 3.93. The van der Waals surface area contributed by atoms with Crippen molar-refractivity contribution in [3.05, 3.63) is 0 Å². The fraction of sp³-hybridized carbons (Fsp3) is 0.909. The summed E-state index contributed by atoms with van der Waals surface area (Å²) < 4.78 is 5.23. The van der Waals surface area contributed by atoms with Crippen LogP contribution in [0, 0.1) is 0 Å². The molecule has 1 rings (SSSR count). The third-order valence-electron chi connectivity index (χ3n) is 2.58. The number of ether oxygens (including phenoxy) is 1. The second kappa shape index (κ2) is 4.78. The molecule has 1 heterocycles. The predicted octanol–water partition coefficient (Wildman–Crippen LogP) is 1.81. The first kappa shape index (κ1) is 11.5. The first-order valence-corrected chi connectivity index (χ1v) is 5.48. The Labute approximate surface area is 86.4 Å². The second-order valence-electron chi connectivity index (χ2n) is 4.48. The van der Waals surface area contributed by atoms with Crippen LogP contribution >= 0.6 is 0 Å². The Balaban J connectivity index is 2.53. The fourth-order valence-corrected chi connectivity index (χ4v) is 1.97. The molecule has 0 radical (unpaired) electrons. The van der Waals surface area contributed by atoms with Crippen molar-refractivity contribution in [3.63, 3.8) is 0 Å². The molecule has 0 aromatic rings. The van der Waals surface area contributed by atoms with Gasteiger partial charge in [-0.05, 0) is 47.1 Å². The molecular formula is C11H21NO2. The van der Waals surface area contributed by atoms with Crippen molar-refractivity contribution in [2.45, 2.75) is 58.7 Å². The smallest absolute Gasteiger partial charge is 0.323 e. The molecule has 0 N–H and O–H groups in total. The summed E-state index contributed by atoms with van der Waals surface area (Å²) in [5.74, 6) is -0.0498. The quantitative estimate of drug-likeness (QED) is 0.649. The van der Waals surface area contributed by atoms with Crippen LogP contribution in [-0.4, -0.2) is 35.6 Å². The number of carbonyl (C=O) groups is 1. The van der Waals surface area contributed by atoms with Crippen LogP contribution in [0.2, 0.25) is 0 Å². The molecule has 0 aliphatic carbocycles. The van der Waals surface area contributed by atoms with E-state index in [1.54, 1.807) is 0 Å². The van der Waals surface area contributed by atoms with Gasteiger partial charge in [0.2, 0.25) is 0 Å². The molecule has 1 aliphatic rings. The summed E-state index contributed by atoms with van der Waals surface area (Å²) >= 11 is 0. The van der Waals surface area contributed by atoms with Crippen LogP contribution in [0.3, 0.4) is 0 Å². The van der Waals surface area contributed by atoms with Crippen LogP contribution in [0.15, 0.2) is 0 Å². The topological polar surface area (TPSA) is 29.5 Å². The maximum Gasteiger partial charge on any atom is 0.323 e. The van der Waals surface area contributed by atoms with Gasteiger partial charge in [-0.3, -0.25) is 9.69 Å². The molecule has 3 heteroatoms. The van der Waals surface area contributed by atoms with E-state index in [1.165, 1.54) is 0 Å². The average Bonchev–Trinajstić information content (AvgIpc) is 2.49. The van der Waals surface area contributed by atoms with E-state index in [0.717, 1.165) is 19.4 Å². The first-order valence-electron chi connectivity index (χ1n) is 5.48. The summed E-state index contributed by atoms with van der Waals surface area (Å²) in [6, 6.07) is 0.430. The van der Waals surface area contributed by atoms with Crippen molar-refractivity contribution >= 4 is 5.97 Å². The minimum Gasteiger partial charge on any atom is -0.462 e. The molecule has 14 heavy (non-hydrogen) atoms. The van der Waals surface area contributed by atoms with Gasteiger partial charge in [0.25, 0.3) is 0 Å². The molecule has 82 valence electrons. The molecule has 1 unspecified atom stereocenters. The van der Waals surface area contributed by atoms with Crippen LogP contribution in [0.1, 0.15) is 40.5 Å². The van der Waals surface area contributed by atoms with E-state index >= 15 is 0 Å². The summed E-state index contributed by atoms with van der Waals surface area (Å²) in [6.45, 7) is 9.07. The molecule has 1 fully saturated rings. The van der Waals surface area contributed by atoms with Crippen LogP contribution in [0.5, 0.6) is 0 Å². The Morgan fingerprint density at radius 2 is 2.00 bits per heavy atom. The number of rotatable bonds is 3. The monoisotopic (exact) mass is 199 g/mol. The van der Waals surface area contributed by atoms with Crippen LogP contribution in [0.4, 0.5) is 0 Å². The minimum absolute atomic E-state index is 0.00241. The van der Waals surface area contributed by atoms with Crippen molar-refractivity contribution in [2.75, 3.05) is 6.54 Å². The van der Waals surface area contributed by atoms with E-state index in [1.807, 2.05) is 13.8 Å². The number of likely N-dealkylation sites (tertiary alicyclic amines) is 1. The van der Waals surface area contributed by atoms with E-state index in [9.17, 15) is 4.79 Å². The van der Waals surface area contributed by atoms with Gasteiger partial charge in [0.05, 0.1) is 6.10 Å². The number of nitrogens with zero attached hydrogens (tertiary/aromatic N) is 1. The first-order chi connectivity index (χ1) is 6.52. The summed E-state index contributed by atoms with van der Waals surface area (Å²) in [5, 5.41) is 0. The number of hydrogen-bond acceptors (Lipinski definition) is 3. The molecule has 0 bridgehead atoms. The van der Waals surface area contributed by atoms with Gasteiger partial charge in [-0.1, -0.05) is 0 Å². The van der Waals surface area contributed by atoms with Gasteiger partial charge in [0.15, 0.2) is 0 Å². The van der Waals surface area contributed by atoms with Crippen LogP contribution in [0.25, 0.3) is 0 Å². The lowest BCUT2D eigenvalue weighted by atomic mass is 10.2. The maximum atomic E-state index is 11.7. The van der Waals surface area contributed by atoms with E-state index in [-0.39, 0.29) is 18.1 Å². The fourth-order valence-electron chi connectivity index (χ4n) is 1.97. The van der Waals surface area contributed by atoms with E-state index in [0.29, 0.717) is 6.04 Å². The van der Waals surface area contributed by atoms with Gasteiger partial charge in [-0.2, -0.15) is 0 Å². The van der Waals surface area contributed by atoms with Gasteiger partial charge in [0.1, 0.15) is 6.04 Å². The van der Waals surface area contributed by atoms with Crippen molar-refractivity contribution in [1.29, 1.82) is 0 Å². The Bertz CT molecular complexity index is 201. The molecule has 0 amide bonds. The lowest BCUT2D eigenvalue weighted by Crippen LogP contribution is -2.42. The normalized spacial score (nSPS) is 23.4. The van der Waals surface area contributed by atoms with Gasteiger partial charge in [-0.25, -0.2) is 0 Å².